The van der Waals surface area contributed by atoms with Crippen LogP contribution in [0.2, 0.25) is 0 Å². The molecular formula is C14H22N2O. The quantitative estimate of drug-likeness (QED) is 0.821. The number of carbonyl (C=O) groups excluding carboxylic acids is 1. The maximum absolute atomic E-state index is 12.2. The number of amides is 1. The van der Waals surface area contributed by atoms with Gasteiger partial charge in [0.05, 0.1) is 0 Å². The van der Waals surface area contributed by atoms with Gasteiger partial charge in [-0.3, -0.25) is 4.79 Å². The van der Waals surface area contributed by atoms with Gasteiger partial charge in [-0.1, -0.05) is 38.5 Å². The van der Waals surface area contributed by atoms with Gasteiger partial charge in [0, 0.05) is 24.7 Å². The Morgan fingerprint density at radius 3 is 2.53 bits per heavy atom. The van der Waals surface area contributed by atoms with Gasteiger partial charge in [0.2, 0.25) is 5.91 Å². The van der Waals surface area contributed by atoms with Crippen LogP contribution < -0.4 is 10.6 Å². The van der Waals surface area contributed by atoms with Crippen LogP contribution in [0, 0.1) is 5.92 Å². The minimum absolute atomic E-state index is 0.118. The lowest BCUT2D eigenvalue weighted by atomic mass is 10.1. The van der Waals surface area contributed by atoms with Crippen molar-refractivity contribution in [1.82, 2.24) is 0 Å². The Kier molecular flexibility index (Phi) is 5.70. The standard InChI is InChI=1S/C14H22N2O/c1-3-4-10-16(14(17)12(2)11-15)13-8-6-5-7-9-13/h5-9,12H,3-4,10-11,15H2,1-2H3. The molecule has 3 heteroatoms. The third-order valence-electron chi connectivity index (χ3n) is 2.84. The molecule has 1 unspecified atom stereocenters. The van der Waals surface area contributed by atoms with Gasteiger partial charge in [-0.25, -0.2) is 0 Å². The van der Waals surface area contributed by atoms with Crippen LogP contribution in [0.1, 0.15) is 26.7 Å². The van der Waals surface area contributed by atoms with Crippen LogP contribution in [-0.4, -0.2) is 19.0 Å². The largest absolute Gasteiger partial charge is 0.330 e. The van der Waals surface area contributed by atoms with Crippen LogP contribution in [0.5, 0.6) is 0 Å². The number of nitrogens with zero attached hydrogens (tertiary/aromatic N) is 1. The van der Waals surface area contributed by atoms with Crippen molar-refractivity contribution in [1.29, 1.82) is 0 Å². The topological polar surface area (TPSA) is 46.3 Å². The number of unbranched alkanes of at least 4 members (excludes halogenated alkanes) is 1. The van der Waals surface area contributed by atoms with E-state index in [2.05, 4.69) is 6.92 Å². The molecule has 0 spiro atoms. The fourth-order valence-corrected chi connectivity index (χ4v) is 1.66. The highest BCUT2D eigenvalue weighted by molar-refractivity contribution is 5.94. The first kappa shape index (κ1) is 13.7. The summed E-state index contributed by atoms with van der Waals surface area (Å²) in [4.78, 5) is 14.1. The van der Waals surface area contributed by atoms with Crippen molar-refractivity contribution in [2.24, 2.45) is 11.7 Å². The highest BCUT2D eigenvalue weighted by Crippen LogP contribution is 2.16. The van der Waals surface area contributed by atoms with Crippen molar-refractivity contribution in [3.63, 3.8) is 0 Å². The summed E-state index contributed by atoms with van der Waals surface area (Å²) < 4.78 is 0. The van der Waals surface area contributed by atoms with E-state index in [9.17, 15) is 4.79 Å². The average molecular weight is 234 g/mol. The van der Waals surface area contributed by atoms with Crippen molar-refractivity contribution in [3.05, 3.63) is 30.3 Å². The molecule has 0 aromatic heterocycles. The molecule has 94 valence electrons. The number of hydrogen-bond acceptors (Lipinski definition) is 2. The minimum Gasteiger partial charge on any atom is -0.330 e. The Morgan fingerprint density at radius 2 is 2.00 bits per heavy atom. The molecule has 0 radical (unpaired) electrons. The summed E-state index contributed by atoms with van der Waals surface area (Å²) in [5.41, 5.74) is 6.53. The number of benzene rings is 1. The van der Waals surface area contributed by atoms with Gasteiger partial charge in [0.15, 0.2) is 0 Å². The zero-order valence-electron chi connectivity index (χ0n) is 10.7. The number of para-hydroxylation sites is 1. The van der Waals surface area contributed by atoms with E-state index < -0.39 is 0 Å². The van der Waals surface area contributed by atoms with Gasteiger partial charge in [0.25, 0.3) is 0 Å². The monoisotopic (exact) mass is 234 g/mol. The second kappa shape index (κ2) is 7.07. The van der Waals surface area contributed by atoms with E-state index in [-0.39, 0.29) is 11.8 Å². The van der Waals surface area contributed by atoms with Crippen molar-refractivity contribution >= 4 is 11.6 Å². The van der Waals surface area contributed by atoms with Crippen molar-refractivity contribution < 1.29 is 4.79 Å². The summed E-state index contributed by atoms with van der Waals surface area (Å²) in [7, 11) is 0. The van der Waals surface area contributed by atoms with Gasteiger partial charge >= 0.3 is 0 Å². The van der Waals surface area contributed by atoms with Gasteiger partial charge in [0.1, 0.15) is 0 Å². The smallest absolute Gasteiger partial charge is 0.231 e. The summed E-state index contributed by atoms with van der Waals surface area (Å²) in [5.74, 6) is -0.000729. The molecule has 1 aromatic rings. The Morgan fingerprint density at radius 1 is 1.35 bits per heavy atom. The van der Waals surface area contributed by atoms with E-state index in [1.165, 1.54) is 0 Å². The van der Waals surface area contributed by atoms with Crippen molar-refractivity contribution in [2.75, 3.05) is 18.0 Å². The molecule has 1 aromatic carbocycles. The molecule has 17 heavy (non-hydrogen) atoms. The van der Waals surface area contributed by atoms with Gasteiger partial charge in [-0.2, -0.15) is 0 Å². The molecule has 3 nitrogen and oxygen atoms in total. The van der Waals surface area contributed by atoms with Crippen LogP contribution in [0.3, 0.4) is 0 Å². The maximum Gasteiger partial charge on any atom is 0.231 e. The number of anilines is 1. The SMILES string of the molecule is CCCCN(C(=O)C(C)CN)c1ccccc1. The molecule has 0 aliphatic heterocycles. The van der Waals surface area contributed by atoms with E-state index in [0.717, 1.165) is 25.1 Å². The molecule has 2 N–H and O–H groups in total. The Bertz CT molecular complexity index is 337. The molecule has 0 heterocycles. The van der Waals surface area contributed by atoms with E-state index in [1.54, 1.807) is 0 Å². The molecule has 1 rings (SSSR count). The first-order valence-electron chi connectivity index (χ1n) is 6.27. The van der Waals surface area contributed by atoms with E-state index in [1.807, 2.05) is 42.2 Å². The summed E-state index contributed by atoms with van der Waals surface area (Å²) in [6, 6.07) is 9.80. The highest BCUT2D eigenvalue weighted by Gasteiger charge is 2.19. The van der Waals surface area contributed by atoms with Crippen molar-refractivity contribution in [2.45, 2.75) is 26.7 Å². The van der Waals surface area contributed by atoms with E-state index in [4.69, 9.17) is 5.73 Å². The molecule has 1 amide bonds. The van der Waals surface area contributed by atoms with Gasteiger partial charge < -0.3 is 10.6 Å². The molecule has 0 aliphatic carbocycles. The third-order valence-corrected chi connectivity index (χ3v) is 2.84. The third kappa shape index (κ3) is 3.86. The average Bonchev–Trinajstić information content (AvgIpc) is 2.39. The van der Waals surface area contributed by atoms with Crippen LogP contribution >= 0.6 is 0 Å². The lowest BCUT2D eigenvalue weighted by Gasteiger charge is -2.25. The molecule has 0 fully saturated rings. The van der Waals surface area contributed by atoms with Crippen LogP contribution in [0.25, 0.3) is 0 Å². The lowest BCUT2D eigenvalue weighted by molar-refractivity contribution is -0.121. The maximum atomic E-state index is 12.2. The number of rotatable bonds is 6. The molecule has 0 bridgehead atoms. The molecule has 1 atom stereocenters. The fraction of sp³-hybridized carbons (Fsp3) is 0.500. The fourth-order valence-electron chi connectivity index (χ4n) is 1.66. The number of nitrogens with two attached hydrogens (primary N) is 1. The van der Waals surface area contributed by atoms with Crippen LogP contribution in [0.15, 0.2) is 30.3 Å². The zero-order valence-corrected chi connectivity index (χ0v) is 10.7. The number of hydrogen-bond donors (Lipinski definition) is 1. The predicted octanol–water partition coefficient (Wildman–Crippen LogP) is 2.41. The second-order valence-corrected chi connectivity index (χ2v) is 4.32. The summed E-state index contributed by atoms with van der Waals surface area (Å²) in [6.45, 7) is 5.17. The van der Waals surface area contributed by atoms with Gasteiger partial charge in [-0.05, 0) is 18.6 Å². The lowest BCUT2D eigenvalue weighted by Crippen LogP contribution is -2.38. The van der Waals surface area contributed by atoms with Crippen LogP contribution in [0.4, 0.5) is 5.69 Å². The highest BCUT2D eigenvalue weighted by atomic mass is 16.2. The first-order valence-corrected chi connectivity index (χ1v) is 6.27. The van der Waals surface area contributed by atoms with Gasteiger partial charge in [-0.15, -0.1) is 0 Å². The minimum atomic E-state index is -0.118. The number of carbonyl (C=O) groups is 1. The second-order valence-electron chi connectivity index (χ2n) is 4.32. The normalized spacial score (nSPS) is 12.2. The summed E-state index contributed by atoms with van der Waals surface area (Å²) in [5, 5.41) is 0. The summed E-state index contributed by atoms with van der Waals surface area (Å²) >= 11 is 0. The molecule has 0 aliphatic rings. The predicted molar refractivity (Wildman–Crippen MR) is 71.9 cm³/mol. The van der Waals surface area contributed by atoms with E-state index >= 15 is 0 Å². The van der Waals surface area contributed by atoms with Crippen LogP contribution in [-0.2, 0) is 4.79 Å². The Hall–Kier alpha value is -1.35. The molecule has 0 saturated carbocycles. The Labute approximate surface area is 104 Å². The first-order chi connectivity index (χ1) is 8.20. The molecule has 0 saturated heterocycles. The molecular weight excluding hydrogens is 212 g/mol. The summed E-state index contributed by atoms with van der Waals surface area (Å²) in [6.07, 6.45) is 2.09. The Balaban J connectivity index is 2.84. The zero-order chi connectivity index (χ0) is 12.7. The van der Waals surface area contributed by atoms with E-state index in [0.29, 0.717) is 6.54 Å². The van der Waals surface area contributed by atoms with Crippen molar-refractivity contribution in [3.8, 4) is 0 Å².